The van der Waals surface area contributed by atoms with Crippen molar-refractivity contribution in [1.82, 2.24) is 0 Å². The molecule has 0 aromatic heterocycles. The molecule has 0 saturated carbocycles. The van der Waals surface area contributed by atoms with Crippen LogP contribution in [0.3, 0.4) is 0 Å². The van der Waals surface area contributed by atoms with Crippen molar-refractivity contribution >= 4 is 0 Å². The van der Waals surface area contributed by atoms with Crippen molar-refractivity contribution in [2.24, 2.45) is 34.5 Å². The van der Waals surface area contributed by atoms with Crippen molar-refractivity contribution < 1.29 is 0 Å². The normalized spacial score (nSPS) is 24.4. The van der Waals surface area contributed by atoms with E-state index < -0.39 is 0 Å². The van der Waals surface area contributed by atoms with Crippen molar-refractivity contribution in [3.05, 3.63) is 83.1 Å². The maximum Gasteiger partial charge on any atom is 0.00254 e. The zero-order valence-corrected chi connectivity index (χ0v) is 28.2. The quantitative estimate of drug-likeness (QED) is 0.151. The van der Waals surface area contributed by atoms with E-state index in [2.05, 4.69) is 130 Å². The van der Waals surface area contributed by atoms with E-state index in [-0.39, 0.29) is 0 Å². The number of hydrogen-bond acceptors (Lipinski definition) is 0. The van der Waals surface area contributed by atoms with Crippen LogP contribution in [0.5, 0.6) is 0 Å². The Bertz CT molecular complexity index is 983. The van der Waals surface area contributed by atoms with Crippen LogP contribution in [0.4, 0.5) is 0 Å². The lowest BCUT2D eigenvalue weighted by Crippen LogP contribution is -2.26. The lowest BCUT2D eigenvalue weighted by molar-refractivity contribution is 0.255. The molecule has 0 aliphatic heterocycles. The summed E-state index contributed by atoms with van der Waals surface area (Å²) < 4.78 is 0. The molecule has 4 atom stereocenters. The van der Waals surface area contributed by atoms with E-state index >= 15 is 0 Å². The van der Waals surface area contributed by atoms with Gasteiger partial charge in [-0.3, -0.25) is 0 Å². The third kappa shape index (κ3) is 12.0. The van der Waals surface area contributed by atoms with Crippen LogP contribution in [0.1, 0.15) is 133 Å². The lowest BCUT2D eigenvalue weighted by atomic mass is 9.68. The Kier molecular flexibility index (Phi) is 14.3. The van der Waals surface area contributed by atoms with E-state index in [0.717, 1.165) is 12.3 Å². The van der Waals surface area contributed by atoms with Gasteiger partial charge in [0.1, 0.15) is 0 Å². The lowest BCUT2D eigenvalue weighted by Gasteiger charge is -2.37. The van der Waals surface area contributed by atoms with Crippen LogP contribution in [0, 0.1) is 34.5 Å². The molecule has 0 heteroatoms. The van der Waals surface area contributed by atoms with E-state index in [1.54, 1.807) is 16.7 Å². The van der Waals surface area contributed by atoms with Gasteiger partial charge in [-0.1, -0.05) is 139 Å². The van der Waals surface area contributed by atoms with Crippen LogP contribution in [0.25, 0.3) is 0 Å². The maximum absolute atomic E-state index is 2.52. The Balaban J connectivity index is 1.66. The first-order chi connectivity index (χ1) is 18.8. The summed E-state index contributed by atoms with van der Waals surface area (Å²) in [6.45, 7) is 23.6. The molecule has 0 aromatic carbocycles. The molecule has 0 aromatic rings. The standard InChI is InChI=1S/C40H64/c1-31(19-13-21-33(3)25-27-37-35(5)23-15-29-39(37,7)8)17-11-12-18-32(2)20-14-22-34(4)26-28-38-36(6)24-16-30-40(38,9)10/h11-13,19,21,24-28,31-32,34,38H,14-18,20,22-23,29-30H2,1-10H3/b12-11-,19-13+,27-25+,28-26+,33-21+/t31?,32?,34?,38-/m0/s1. The van der Waals surface area contributed by atoms with E-state index in [0.29, 0.717) is 28.6 Å². The van der Waals surface area contributed by atoms with Crippen molar-refractivity contribution in [1.29, 1.82) is 0 Å². The number of rotatable bonds is 14. The zero-order valence-electron chi connectivity index (χ0n) is 28.2. The fourth-order valence-corrected chi connectivity index (χ4v) is 6.68. The monoisotopic (exact) mass is 545 g/mol. The molecule has 3 unspecified atom stereocenters. The second kappa shape index (κ2) is 16.6. The molecule has 0 fully saturated rings. The molecule has 0 bridgehead atoms. The summed E-state index contributed by atoms with van der Waals surface area (Å²) >= 11 is 0. The van der Waals surface area contributed by atoms with E-state index in [1.807, 2.05) is 0 Å². The van der Waals surface area contributed by atoms with Crippen LogP contribution in [-0.4, -0.2) is 0 Å². The molecule has 2 rings (SSSR count). The SMILES string of the molecule is CC1=CCCC(C)(C)[C@H]1/C=C/C(C)CCCC(C)C/C=C\CC(C)/C=C/C=C(C)/C=C/C1=C(C)CCCC1(C)C. The summed E-state index contributed by atoms with van der Waals surface area (Å²) in [4.78, 5) is 0. The van der Waals surface area contributed by atoms with Gasteiger partial charge in [0.05, 0.1) is 0 Å². The van der Waals surface area contributed by atoms with Gasteiger partial charge in [0.25, 0.3) is 0 Å². The van der Waals surface area contributed by atoms with Gasteiger partial charge < -0.3 is 0 Å². The molecule has 224 valence electrons. The van der Waals surface area contributed by atoms with Gasteiger partial charge >= 0.3 is 0 Å². The molecule has 0 spiro atoms. The Hall–Kier alpha value is -1.82. The van der Waals surface area contributed by atoms with Crippen LogP contribution in [-0.2, 0) is 0 Å². The molecule has 0 heterocycles. The highest BCUT2D eigenvalue weighted by Gasteiger charge is 2.30. The molecule has 0 amide bonds. The summed E-state index contributed by atoms with van der Waals surface area (Å²) in [5.74, 6) is 2.63. The number of hydrogen-bond donors (Lipinski definition) is 0. The second-order valence-electron chi connectivity index (χ2n) is 14.8. The average Bonchev–Trinajstić information content (AvgIpc) is 2.85. The first-order valence-corrected chi connectivity index (χ1v) is 16.5. The van der Waals surface area contributed by atoms with E-state index in [4.69, 9.17) is 0 Å². The first-order valence-electron chi connectivity index (χ1n) is 16.5. The molecule has 0 nitrogen and oxygen atoms in total. The molecule has 2 aliphatic carbocycles. The van der Waals surface area contributed by atoms with Crippen LogP contribution in [0.15, 0.2) is 83.1 Å². The summed E-state index contributed by atoms with van der Waals surface area (Å²) in [6, 6.07) is 0. The van der Waals surface area contributed by atoms with Gasteiger partial charge in [0.15, 0.2) is 0 Å². The molecule has 2 aliphatic rings. The largest absolute Gasteiger partial charge is 0.0883 e. The van der Waals surface area contributed by atoms with E-state index in [9.17, 15) is 0 Å². The highest BCUT2D eigenvalue weighted by Crippen LogP contribution is 2.42. The Morgan fingerprint density at radius 1 is 0.950 bits per heavy atom. The van der Waals surface area contributed by atoms with Gasteiger partial charge in [-0.15, -0.1) is 0 Å². The topological polar surface area (TPSA) is 0 Å². The van der Waals surface area contributed by atoms with Crippen LogP contribution in [0.2, 0.25) is 0 Å². The molecule has 0 N–H and O–H groups in total. The summed E-state index contributed by atoms with van der Waals surface area (Å²) in [7, 11) is 0. The van der Waals surface area contributed by atoms with Crippen molar-refractivity contribution in [3.8, 4) is 0 Å². The van der Waals surface area contributed by atoms with Gasteiger partial charge in [0, 0.05) is 5.92 Å². The highest BCUT2D eigenvalue weighted by molar-refractivity contribution is 5.36. The average molecular weight is 545 g/mol. The fourth-order valence-electron chi connectivity index (χ4n) is 6.68. The van der Waals surface area contributed by atoms with E-state index in [1.165, 1.54) is 63.4 Å². The maximum atomic E-state index is 2.52. The van der Waals surface area contributed by atoms with Crippen molar-refractivity contribution in [2.45, 2.75) is 133 Å². The first kappa shape index (κ1) is 34.4. The van der Waals surface area contributed by atoms with Gasteiger partial charge in [0.2, 0.25) is 0 Å². The summed E-state index contributed by atoms with van der Waals surface area (Å²) in [6.07, 6.45) is 36.5. The minimum absolute atomic E-state index is 0.312. The smallest absolute Gasteiger partial charge is 0.00254 e. The predicted molar refractivity (Wildman–Crippen MR) is 181 cm³/mol. The predicted octanol–water partition coefficient (Wildman–Crippen LogP) is 12.9. The molecule has 0 radical (unpaired) electrons. The molecule has 40 heavy (non-hydrogen) atoms. The highest BCUT2D eigenvalue weighted by atomic mass is 14.4. The summed E-state index contributed by atoms with van der Waals surface area (Å²) in [5, 5.41) is 0. The second-order valence-corrected chi connectivity index (χ2v) is 14.8. The van der Waals surface area contributed by atoms with Crippen LogP contribution >= 0.6 is 0 Å². The Morgan fingerprint density at radius 3 is 2.38 bits per heavy atom. The molecular weight excluding hydrogens is 480 g/mol. The third-order valence-electron chi connectivity index (χ3n) is 9.64. The Morgan fingerprint density at radius 2 is 1.68 bits per heavy atom. The fraction of sp³-hybridized carbons (Fsp3) is 0.650. The minimum atomic E-state index is 0.312. The summed E-state index contributed by atoms with van der Waals surface area (Å²) in [5.41, 5.74) is 6.71. The molecular formula is C40H64. The van der Waals surface area contributed by atoms with Gasteiger partial charge in [-0.25, -0.2) is 0 Å². The minimum Gasteiger partial charge on any atom is -0.0883 e. The van der Waals surface area contributed by atoms with Crippen molar-refractivity contribution in [3.63, 3.8) is 0 Å². The van der Waals surface area contributed by atoms with Crippen LogP contribution < -0.4 is 0 Å². The Labute approximate surface area is 250 Å². The third-order valence-corrected chi connectivity index (χ3v) is 9.64. The molecule has 0 saturated heterocycles. The zero-order chi connectivity index (χ0) is 29.8. The number of allylic oxidation sites excluding steroid dienone is 14. The van der Waals surface area contributed by atoms with Crippen molar-refractivity contribution in [2.75, 3.05) is 0 Å². The van der Waals surface area contributed by atoms with Gasteiger partial charge in [-0.05, 0) is 106 Å². The van der Waals surface area contributed by atoms with Gasteiger partial charge in [-0.2, -0.15) is 0 Å².